The second kappa shape index (κ2) is 8.97. The van der Waals surface area contributed by atoms with Crippen LogP contribution in [0, 0.1) is 10.1 Å². The fraction of sp³-hybridized carbons (Fsp3) is 0.0526. The molecule has 3 aromatic rings. The number of ketones is 1. The lowest BCUT2D eigenvalue weighted by Gasteiger charge is -2.11. The molecule has 10 nitrogen and oxygen atoms in total. The second-order valence-corrected chi connectivity index (χ2v) is 6.40. The number of amides is 1. The summed E-state index contributed by atoms with van der Waals surface area (Å²) in [7, 11) is 0. The molecule has 3 N–H and O–H groups in total. The summed E-state index contributed by atoms with van der Waals surface area (Å²) >= 11 is 5.98. The Kier molecular flexibility index (Phi) is 6.18. The third-order valence-electron chi connectivity index (χ3n) is 3.97. The number of nitrogens with one attached hydrogen (secondary N) is 3. The number of benzene rings is 2. The SMILES string of the molecule is CC(=O)c1ccc(Nc2ncnc(NNC(=O)c3ccccc3Cl)c2[N+](=O)[O-])cc1. The van der Waals surface area contributed by atoms with E-state index in [0.29, 0.717) is 11.3 Å². The van der Waals surface area contributed by atoms with Gasteiger partial charge in [0.1, 0.15) is 6.33 Å². The third kappa shape index (κ3) is 4.67. The predicted molar refractivity (Wildman–Crippen MR) is 111 cm³/mol. The molecule has 1 aromatic heterocycles. The average Bonchev–Trinajstić information content (AvgIpc) is 2.72. The van der Waals surface area contributed by atoms with E-state index in [-0.39, 0.29) is 28.0 Å². The van der Waals surface area contributed by atoms with E-state index >= 15 is 0 Å². The quantitative estimate of drug-likeness (QED) is 0.295. The van der Waals surface area contributed by atoms with Gasteiger partial charge in [-0.3, -0.25) is 30.6 Å². The highest BCUT2D eigenvalue weighted by atomic mass is 35.5. The van der Waals surface area contributed by atoms with Crippen molar-refractivity contribution in [1.82, 2.24) is 15.4 Å². The van der Waals surface area contributed by atoms with Crippen molar-refractivity contribution < 1.29 is 14.5 Å². The highest BCUT2D eigenvalue weighted by Gasteiger charge is 2.24. The van der Waals surface area contributed by atoms with Gasteiger partial charge in [-0.15, -0.1) is 0 Å². The molecule has 0 aliphatic heterocycles. The van der Waals surface area contributed by atoms with Crippen molar-refractivity contribution in [3.63, 3.8) is 0 Å². The first-order valence-corrected chi connectivity index (χ1v) is 8.93. The number of carbonyl (C=O) groups excluding carboxylic acids is 2. The van der Waals surface area contributed by atoms with Crippen LogP contribution in [0.25, 0.3) is 0 Å². The molecule has 0 aliphatic rings. The van der Waals surface area contributed by atoms with Gasteiger partial charge in [0.25, 0.3) is 5.91 Å². The van der Waals surface area contributed by atoms with E-state index in [1.165, 1.54) is 13.0 Å². The maximum Gasteiger partial charge on any atom is 0.355 e. The number of aromatic nitrogens is 2. The van der Waals surface area contributed by atoms with Gasteiger partial charge in [0.05, 0.1) is 15.5 Å². The van der Waals surface area contributed by atoms with Crippen LogP contribution in [0.4, 0.5) is 23.0 Å². The van der Waals surface area contributed by atoms with Gasteiger partial charge in [-0.25, -0.2) is 9.97 Å². The molecule has 0 saturated heterocycles. The van der Waals surface area contributed by atoms with Gasteiger partial charge < -0.3 is 5.32 Å². The van der Waals surface area contributed by atoms with Crippen molar-refractivity contribution in [3.05, 3.63) is 81.1 Å². The van der Waals surface area contributed by atoms with Crippen LogP contribution in [-0.4, -0.2) is 26.6 Å². The maximum absolute atomic E-state index is 12.3. The lowest BCUT2D eigenvalue weighted by Crippen LogP contribution is -2.30. The van der Waals surface area contributed by atoms with Gasteiger partial charge >= 0.3 is 5.69 Å². The van der Waals surface area contributed by atoms with Crippen molar-refractivity contribution in [2.45, 2.75) is 6.92 Å². The molecule has 11 heteroatoms. The van der Waals surface area contributed by atoms with E-state index in [1.807, 2.05) is 0 Å². The fourth-order valence-electron chi connectivity index (χ4n) is 2.49. The Labute approximate surface area is 175 Å². The minimum atomic E-state index is -0.684. The summed E-state index contributed by atoms with van der Waals surface area (Å²) in [6.45, 7) is 1.44. The Morgan fingerprint density at radius 1 is 1.03 bits per heavy atom. The highest BCUT2D eigenvalue weighted by Crippen LogP contribution is 2.30. The van der Waals surface area contributed by atoms with E-state index in [1.54, 1.807) is 42.5 Å². The van der Waals surface area contributed by atoms with Crippen LogP contribution in [0.15, 0.2) is 54.9 Å². The molecular formula is C19H15ClN6O4. The zero-order valence-corrected chi connectivity index (χ0v) is 16.3. The molecule has 1 amide bonds. The number of hydrogen-bond acceptors (Lipinski definition) is 8. The molecule has 0 spiro atoms. The molecule has 1 heterocycles. The predicted octanol–water partition coefficient (Wildman–Crippen LogP) is 3.74. The number of hydrazine groups is 1. The molecule has 0 radical (unpaired) electrons. The van der Waals surface area contributed by atoms with Gasteiger partial charge in [-0.2, -0.15) is 0 Å². The van der Waals surface area contributed by atoms with Gasteiger partial charge in [0.2, 0.25) is 11.6 Å². The van der Waals surface area contributed by atoms with Crippen LogP contribution in [0.3, 0.4) is 0 Å². The maximum atomic E-state index is 12.3. The second-order valence-electron chi connectivity index (χ2n) is 5.99. The van der Waals surface area contributed by atoms with Crippen molar-refractivity contribution in [2.75, 3.05) is 10.7 Å². The van der Waals surface area contributed by atoms with Crippen molar-refractivity contribution in [3.8, 4) is 0 Å². The molecule has 30 heavy (non-hydrogen) atoms. The summed E-state index contributed by atoms with van der Waals surface area (Å²) in [5.74, 6) is -1.02. The summed E-state index contributed by atoms with van der Waals surface area (Å²) in [6, 6.07) is 12.7. The average molecular weight is 427 g/mol. The third-order valence-corrected chi connectivity index (χ3v) is 4.30. The minimum absolute atomic E-state index is 0.0972. The van der Waals surface area contributed by atoms with E-state index in [9.17, 15) is 19.7 Å². The lowest BCUT2D eigenvalue weighted by molar-refractivity contribution is -0.383. The summed E-state index contributed by atoms with van der Waals surface area (Å²) in [5, 5.41) is 14.7. The van der Waals surface area contributed by atoms with E-state index in [0.717, 1.165) is 6.33 Å². The van der Waals surface area contributed by atoms with Gasteiger partial charge in [0.15, 0.2) is 5.78 Å². The summed E-state index contributed by atoms with van der Waals surface area (Å²) in [5.41, 5.74) is 5.45. The van der Waals surface area contributed by atoms with E-state index in [4.69, 9.17) is 11.6 Å². The smallest absolute Gasteiger partial charge is 0.334 e. The summed E-state index contributed by atoms with van der Waals surface area (Å²) in [4.78, 5) is 42.3. The minimum Gasteiger partial charge on any atom is -0.334 e. The van der Waals surface area contributed by atoms with Gasteiger partial charge in [-0.1, -0.05) is 23.7 Å². The van der Waals surface area contributed by atoms with Gasteiger partial charge in [0, 0.05) is 11.3 Å². The monoisotopic (exact) mass is 426 g/mol. The van der Waals surface area contributed by atoms with Crippen molar-refractivity contribution >= 4 is 46.3 Å². The number of halogens is 1. The largest absolute Gasteiger partial charge is 0.355 e. The number of hydrogen-bond donors (Lipinski definition) is 3. The highest BCUT2D eigenvalue weighted by molar-refractivity contribution is 6.33. The molecule has 0 aliphatic carbocycles. The molecule has 0 atom stereocenters. The number of anilines is 3. The number of nitrogens with zero attached hydrogens (tertiary/aromatic N) is 3. The van der Waals surface area contributed by atoms with Gasteiger partial charge in [-0.05, 0) is 43.3 Å². The molecular weight excluding hydrogens is 412 g/mol. The Morgan fingerprint density at radius 3 is 2.33 bits per heavy atom. The van der Waals surface area contributed by atoms with E-state index in [2.05, 4.69) is 26.1 Å². The number of Topliss-reactive ketones (excluding diaryl/α,β-unsaturated/α-hetero) is 1. The molecule has 2 aromatic carbocycles. The molecule has 0 bridgehead atoms. The normalized spacial score (nSPS) is 10.2. The first kappa shape index (κ1) is 20.7. The van der Waals surface area contributed by atoms with Crippen LogP contribution < -0.4 is 16.2 Å². The van der Waals surface area contributed by atoms with Crippen LogP contribution >= 0.6 is 11.6 Å². The first-order valence-electron chi connectivity index (χ1n) is 8.55. The number of carbonyl (C=O) groups is 2. The topological polar surface area (TPSA) is 139 Å². The zero-order valence-electron chi connectivity index (χ0n) is 15.5. The fourth-order valence-corrected chi connectivity index (χ4v) is 2.71. The number of nitro groups is 1. The molecule has 0 unspecified atom stereocenters. The standard InChI is InChI=1S/C19H15ClN6O4/c1-11(27)12-6-8-13(9-7-12)23-17-16(26(29)30)18(22-10-21-17)24-25-19(28)14-4-2-3-5-15(14)20/h2-10H,1H3,(H,25,28)(H2,21,22,23,24). The molecule has 3 rings (SSSR count). The van der Waals surface area contributed by atoms with E-state index < -0.39 is 16.5 Å². The molecule has 152 valence electrons. The zero-order chi connectivity index (χ0) is 21.7. The van der Waals surface area contributed by atoms with Crippen molar-refractivity contribution in [1.29, 1.82) is 0 Å². The van der Waals surface area contributed by atoms with Crippen LogP contribution in [-0.2, 0) is 0 Å². The summed E-state index contributed by atoms with van der Waals surface area (Å²) in [6.07, 6.45) is 1.10. The molecule has 0 saturated carbocycles. The Balaban J connectivity index is 1.82. The van der Waals surface area contributed by atoms with Crippen molar-refractivity contribution in [2.24, 2.45) is 0 Å². The molecule has 0 fully saturated rings. The van der Waals surface area contributed by atoms with Crippen LogP contribution in [0.2, 0.25) is 5.02 Å². The first-order chi connectivity index (χ1) is 14.4. The Morgan fingerprint density at radius 2 is 1.70 bits per heavy atom. The summed E-state index contributed by atoms with van der Waals surface area (Å²) < 4.78 is 0. The lowest BCUT2D eigenvalue weighted by atomic mass is 10.1. The Hall–Kier alpha value is -4.05. The van der Waals surface area contributed by atoms with Crippen LogP contribution in [0.5, 0.6) is 0 Å². The number of rotatable bonds is 7. The van der Waals surface area contributed by atoms with Crippen LogP contribution in [0.1, 0.15) is 27.6 Å². The Bertz CT molecular complexity index is 1120.